The minimum Gasteiger partial charge on any atom is -0.375 e. The molecule has 0 saturated heterocycles. The lowest BCUT2D eigenvalue weighted by molar-refractivity contribution is 0.0918. The Kier molecular flexibility index (Phi) is 5.63. The van der Waals surface area contributed by atoms with Gasteiger partial charge in [0.1, 0.15) is 17.2 Å². The maximum atomic E-state index is 13.7. The molecule has 1 aromatic rings. The summed E-state index contributed by atoms with van der Waals surface area (Å²) in [7, 11) is 0. The number of amides is 1. The zero-order chi connectivity index (χ0) is 14.4. The van der Waals surface area contributed by atoms with Crippen molar-refractivity contribution in [3.8, 4) is 0 Å². The second-order valence-corrected chi connectivity index (χ2v) is 4.32. The van der Waals surface area contributed by atoms with Crippen LogP contribution in [0.25, 0.3) is 0 Å². The van der Waals surface area contributed by atoms with E-state index in [0.717, 1.165) is 11.6 Å². The Morgan fingerprint density at radius 3 is 2.74 bits per heavy atom. The molecule has 0 fully saturated rings. The van der Waals surface area contributed by atoms with Crippen LogP contribution in [-0.4, -0.2) is 25.7 Å². The highest BCUT2D eigenvalue weighted by molar-refractivity contribution is 5.94. The SMILES string of the molecule is C=C(C)COCCNC(=O)c1c(F)ccc(C)c1F. The summed E-state index contributed by atoms with van der Waals surface area (Å²) in [5.74, 6) is -2.48. The van der Waals surface area contributed by atoms with Gasteiger partial charge in [-0.3, -0.25) is 4.79 Å². The van der Waals surface area contributed by atoms with Crippen LogP contribution in [0.15, 0.2) is 24.3 Å². The Morgan fingerprint density at radius 2 is 2.11 bits per heavy atom. The van der Waals surface area contributed by atoms with Crippen LogP contribution >= 0.6 is 0 Å². The minimum atomic E-state index is -0.872. The zero-order valence-electron chi connectivity index (χ0n) is 11.1. The molecular formula is C14H17F2NO2. The lowest BCUT2D eigenvalue weighted by Crippen LogP contribution is -2.29. The van der Waals surface area contributed by atoms with Gasteiger partial charge in [0, 0.05) is 6.54 Å². The molecule has 1 amide bonds. The molecule has 19 heavy (non-hydrogen) atoms. The Bertz CT molecular complexity index is 487. The average molecular weight is 269 g/mol. The van der Waals surface area contributed by atoms with Crippen molar-refractivity contribution in [2.75, 3.05) is 19.8 Å². The molecule has 0 aliphatic carbocycles. The van der Waals surface area contributed by atoms with Gasteiger partial charge in [-0.05, 0) is 25.5 Å². The van der Waals surface area contributed by atoms with Crippen molar-refractivity contribution < 1.29 is 18.3 Å². The van der Waals surface area contributed by atoms with Crippen LogP contribution in [0.1, 0.15) is 22.8 Å². The molecule has 0 aliphatic heterocycles. The van der Waals surface area contributed by atoms with Gasteiger partial charge in [0.2, 0.25) is 0 Å². The van der Waals surface area contributed by atoms with Gasteiger partial charge in [-0.15, -0.1) is 0 Å². The van der Waals surface area contributed by atoms with Gasteiger partial charge in [0.05, 0.1) is 13.2 Å². The van der Waals surface area contributed by atoms with Crippen LogP contribution < -0.4 is 5.32 Å². The molecule has 0 bridgehead atoms. The fourth-order valence-corrected chi connectivity index (χ4v) is 1.44. The van der Waals surface area contributed by atoms with Crippen molar-refractivity contribution in [3.05, 3.63) is 47.0 Å². The van der Waals surface area contributed by atoms with E-state index < -0.39 is 23.1 Å². The van der Waals surface area contributed by atoms with Crippen molar-refractivity contribution in [1.82, 2.24) is 5.32 Å². The zero-order valence-corrected chi connectivity index (χ0v) is 11.1. The lowest BCUT2D eigenvalue weighted by atomic mass is 10.1. The molecular weight excluding hydrogens is 252 g/mol. The first-order chi connectivity index (χ1) is 8.93. The van der Waals surface area contributed by atoms with Crippen molar-refractivity contribution in [2.24, 2.45) is 0 Å². The van der Waals surface area contributed by atoms with Crippen LogP contribution in [0.5, 0.6) is 0 Å². The van der Waals surface area contributed by atoms with E-state index in [1.54, 1.807) is 0 Å². The Hall–Kier alpha value is -1.75. The number of carbonyl (C=O) groups is 1. The summed E-state index contributed by atoms with van der Waals surface area (Å²) >= 11 is 0. The molecule has 1 aromatic carbocycles. The molecule has 0 spiro atoms. The third-order valence-corrected chi connectivity index (χ3v) is 2.39. The number of benzene rings is 1. The first-order valence-electron chi connectivity index (χ1n) is 5.88. The highest BCUT2D eigenvalue weighted by Gasteiger charge is 2.18. The van der Waals surface area contributed by atoms with Gasteiger partial charge < -0.3 is 10.1 Å². The quantitative estimate of drug-likeness (QED) is 0.637. The second-order valence-electron chi connectivity index (χ2n) is 4.32. The lowest BCUT2D eigenvalue weighted by Gasteiger charge is -2.09. The van der Waals surface area contributed by atoms with Gasteiger partial charge in [-0.2, -0.15) is 0 Å². The number of carbonyl (C=O) groups excluding carboxylic acids is 1. The molecule has 104 valence electrons. The van der Waals surface area contributed by atoms with Crippen molar-refractivity contribution in [2.45, 2.75) is 13.8 Å². The van der Waals surface area contributed by atoms with Gasteiger partial charge in [0.15, 0.2) is 0 Å². The van der Waals surface area contributed by atoms with E-state index in [1.807, 2.05) is 6.92 Å². The first-order valence-corrected chi connectivity index (χ1v) is 5.88. The topological polar surface area (TPSA) is 38.3 Å². The molecule has 3 nitrogen and oxygen atoms in total. The van der Waals surface area contributed by atoms with Crippen LogP contribution in [0.3, 0.4) is 0 Å². The predicted octanol–water partition coefficient (Wildman–Crippen LogP) is 2.60. The van der Waals surface area contributed by atoms with Crippen LogP contribution in [0.4, 0.5) is 8.78 Å². The van der Waals surface area contributed by atoms with Gasteiger partial charge in [-0.25, -0.2) is 8.78 Å². The van der Waals surface area contributed by atoms with E-state index in [0.29, 0.717) is 6.61 Å². The molecule has 5 heteroatoms. The Labute approximate surface area is 111 Å². The van der Waals surface area contributed by atoms with E-state index >= 15 is 0 Å². The summed E-state index contributed by atoms with van der Waals surface area (Å²) in [4.78, 5) is 11.7. The molecule has 0 heterocycles. The third-order valence-electron chi connectivity index (χ3n) is 2.39. The van der Waals surface area contributed by atoms with Crippen molar-refractivity contribution >= 4 is 5.91 Å². The highest BCUT2D eigenvalue weighted by atomic mass is 19.1. The van der Waals surface area contributed by atoms with E-state index in [4.69, 9.17) is 4.74 Å². The minimum absolute atomic E-state index is 0.179. The number of rotatable bonds is 6. The molecule has 0 aliphatic rings. The standard InChI is InChI=1S/C14H17F2NO2/c1-9(2)8-19-7-6-17-14(18)12-11(15)5-4-10(3)13(12)16/h4-5H,1,6-8H2,2-3H3,(H,17,18). The number of hydrogen-bond acceptors (Lipinski definition) is 2. The van der Waals surface area contributed by atoms with Gasteiger partial charge in [0.25, 0.3) is 5.91 Å². The number of aryl methyl sites for hydroxylation is 1. The fourth-order valence-electron chi connectivity index (χ4n) is 1.44. The molecule has 1 rings (SSSR count). The third kappa shape index (κ3) is 4.44. The van der Waals surface area contributed by atoms with E-state index in [2.05, 4.69) is 11.9 Å². The average Bonchev–Trinajstić information content (AvgIpc) is 2.33. The van der Waals surface area contributed by atoms with Crippen molar-refractivity contribution in [1.29, 1.82) is 0 Å². The summed E-state index contributed by atoms with van der Waals surface area (Å²) in [6, 6.07) is 2.36. The molecule has 0 atom stereocenters. The first kappa shape index (κ1) is 15.3. The van der Waals surface area contributed by atoms with Gasteiger partial charge >= 0.3 is 0 Å². The number of hydrogen-bond donors (Lipinski definition) is 1. The second kappa shape index (κ2) is 6.99. The van der Waals surface area contributed by atoms with Crippen LogP contribution in [0.2, 0.25) is 0 Å². The summed E-state index contributed by atoms with van der Waals surface area (Å²) in [5.41, 5.74) is 0.534. The number of nitrogens with one attached hydrogen (secondary N) is 1. The smallest absolute Gasteiger partial charge is 0.257 e. The van der Waals surface area contributed by atoms with Gasteiger partial charge in [-0.1, -0.05) is 18.2 Å². The van der Waals surface area contributed by atoms with E-state index in [1.165, 1.54) is 13.0 Å². The Balaban J connectivity index is 2.55. The highest BCUT2D eigenvalue weighted by Crippen LogP contribution is 2.15. The molecule has 0 aromatic heterocycles. The summed E-state index contributed by atoms with van der Waals surface area (Å²) in [6.45, 7) is 7.78. The monoisotopic (exact) mass is 269 g/mol. The van der Waals surface area contributed by atoms with Crippen molar-refractivity contribution in [3.63, 3.8) is 0 Å². The summed E-state index contributed by atoms with van der Waals surface area (Å²) in [6.07, 6.45) is 0. The maximum absolute atomic E-state index is 13.7. The molecule has 0 saturated carbocycles. The normalized spacial score (nSPS) is 10.3. The van der Waals surface area contributed by atoms with Crippen LogP contribution in [-0.2, 0) is 4.74 Å². The Morgan fingerprint density at radius 1 is 1.42 bits per heavy atom. The summed E-state index contributed by atoms with van der Waals surface area (Å²) < 4.78 is 32.2. The van der Waals surface area contributed by atoms with E-state index in [-0.39, 0.29) is 18.7 Å². The van der Waals surface area contributed by atoms with E-state index in [9.17, 15) is 13.6 Å². The largest absolute Gasteiger partial charge is 0.375 e. The number of ether oxygens (including phenoxy) is 1. The molecule has 0 radical (unpaired) electrons. The molecule has 1 N–H and O–H groups in total. The molecule has 0 unspecified atom stereocenters. The number of halogens is 2. The summed E-state index contributed by atoms with van der Waals surface area (Å²) in [5, 5.41) is 2.41. The maximum Gasteiger partial charge on any atom is 0.257 e. The predicted molar refractivity (Wildman–Crippen MR) is 69.1 cm³/mol. The van der Waals surface area contributed by atoms with Crippen LogP contribution in [0, 0.1) is 18.6 Å². The fraction of sp³-hybridized carbons (Fsp3) is 0.357.